The van der Waals surface area contributed by atoms with Gasteiger partial charge >= 0.3 is 6.18 Å². The summed E-state index contributed by atoms with van der Waals surface area (Å²) in [5, 5.41) is 9.71. The lowest BCUT2D eigenvalue weighted by atomic mass is 10.0. The van der Waals surface area contributed by atoms with Gasteiger partial charge in [-0.2, -0.15) is 18.3 Å². The summed E-state index contributed by atoms with van der Waals surface area (Å²) in [6.07, 6.45) is -4.89. The Labute approximate surface area is 192 Å². The third kappa shape index (κ3) is 4.25. The number of anilines is 2. The van der Waals surface area contributed by atoms with Gasteiger partial charge < -0.3 is 15.1 Å². The summed E-state index contributed by atoms with van der Waals surface area (Å²) in [7, 11) is 0. The minimum absolute atomic E-state index is 0.0661. The van der Waals surface area contributed by atoms with Crippen molar-refractivity contribution in [3.8, 4) is 0 Å². The van der Waals surface area contributed by atoms with Crippen LogP contribution in [0.1, 0.15) is 45.9 Å². The van der Waals surface area contributed by atoms with Crippen molar-refractivity contribution in [2.75, 3.05) is 10.6 Å². The summed E-state index contributed by atoms with van der Waals surface area (Å²) in [6.45, 7) is 3.85. The highest BCUT2D eigenvalue weighted by atomic mass is 79.9. The van der Waals surface area contributed by atoms with Crippen LogP contribution >= 0.6 is 31.9 Å². The largest absolute Gasteiger partial charge is 0.452 e. The van der Waals surface area contributed by atoms with E-state index in [0.717, 1.165) is 15.8 Å². The van der Waals surface area contributed by atoms with E-state index in [4.69, 9.17) is 4.42 Å². The van der Waals surface area contributed by atoms with Gasteiger partial charge in [-0.15, -0.1) is 0 Å². The van der Waals surface area contributed by atoms with E-state index in [9.17, 15) is 18.0 Å². The number of hydrogen-bond acceptors (Lipinski definition) is 4. The summed E-state index contributed by atoms with van der Waals surface area (Å²) in [5.41, 5.74) is 2.43. The summed E-state index contributed by atoms with van der Waals surface area (Å²) in [6, 6.07) is 5.92. The fourth-order valence-corrected chi connectivity index (χ4v) is 4.32. The molecule has 0 saturated carbocycles. The van der Waals surface area contributed by atoms with Crippen molar-refractivity contribution in [1.82, 2.24) is 9.78 Å². The number of carbonyl (C=O) groups is 1. The zero-order valence-corrected chi connectivity index (χ0v) is 19.5. The van der Waals surface area contributed by atoms with E-state index in [1.807, 2.05) is 19.9 Å². The number of carbonyl (C=O) groups excluding carboxylic acids is 1. The Morgan fingerprint density at radius 1 is 1.23 bits per heavy atom. The number of nitrogens with one attached hydrogen (secondary N) is 2. The lowest BCUT2D eigenvalue weighted by Crippen LogP contribution is -2.35. The number of hydrogen-bond donors (Lipinski definition) is 2. The predicted octanol–water partition coefficient (Wildman–Crippen LogP) is 6.53. The van der Waals surface area contributed by atoms with Crippen LogP contribution < -0.4 is 10.6 Å². The third-order valence-corrected chi connectivity index (χ3v) is 6.39. The Balaban J connectivity index is 1.69. The van der Waals surface area contributed by atoms with Crippen LogP contribution in [0.2, 0.25) is 0 Å². The molecular formula is C20H17Br2F3N4O2. The summed E-state index contributed by atoms with van der Waals surface area (Å²) in [5.74, 6) is -0.199. The summed E-state index contributed by atoms with van der Waals surface area (Å²) in [4.78, 5) is 12.8. The van der Waals surface area contributed by atoms with Crippen molar-refractivity contribution in [3.63, 3.8) is 0 Å². The monoisotopic (exact) mass is 560 g/mol. The number of halogens is 5. The van der Waals surface area contributed by atoms with E-state index < -0.39 is 24.2 Å². The molecule has 3 aromatic rings. The summed E-state index contributed by atoms with van der Waals surface area (Å²) < 4.78 is 48.4. The van der Waals surface area contributed by atoms with Gasteiger partial charge in [-0.05, 0) is 81.1 Å². The standard InChI is InChI=1S/C20H17Br2F3N4O2/c1-9-3-4-11(7-10(9)2)26-19(30)17-16(22)18-27-12(13-5-6-15(21)31-13)8-14(20(23,24)25)29(18)28-17/h3-7,12,14,27H,8H2,1-2H3,(H,26,30)/t12-,14-/m1/s1. The van der Waals surface area contributed by atoms with Gasteiger partial charge in [0.25, 0.3) is 5.91 Å². The Hall–Kier alpha value is -2.27. The first-order valence-electron chi connectivity index (χ1n) is 9.29. The fraction of sp³-hybridized carbons (Fsp3) is 0.300. The van der Waals surface area contributed by atoms with Crippen LogP contribution in [-0.4, -0.2) is 21.9 Å². The van der Waals surface area contributed by atoms with Gasteiger partial charge in [0.05, 0.1) is 10.5 Å². The van der Waals surface area contributed by atoms with Gasteiger partial charge in [0, 0.05) is 12.1 Å². The van der Waals surface area contributed by atoms with Crippen LogP contribution in [0.3, 0.4) is 0 Å². The normalized spacial score (nSPS) is 18.4. The van der Waals surface area contributed by atoms with Crippen molar-refractivity contribution in [3.05, 3.63) is 62.1 Å². The first-order chi connectivity index (χ1) is 14.5. The van der Waals surface area contributed by atoms with Gasteiger partial charge in [-0.1, -0.05) is 6.07 Å². The minimum Gasteiger partial charge on any atom is -0.452 e. The highest BCUT2D eigenvalue weighted by Gasteiger charge is 2.48. The second-order valence-corrected chi connectivity index (χ2v) is 8.92. The molecule has 164 valence electrons. The van der Waals surface area contributed by atoms with Crippen LogP contribution in [0.5, 0.6) is 0 Å². The quantitative estimate of drug-likeness (QED) is 0.381. The van der Waals surface area contributed by atoms with Crippen molar-refractivity contribution in [1.29, 1.82) is 0 Å². The van der Waals surface area contributed by atoms with Crippen LogP contribution in [-0.2, 0) is 0 Å². The van der Waals surface area contributed by atoms with Gasteiger partial charge in [0.2, 0.25) is 0 Å². The molecule has 6 nitrogen and oxygen atoms in total. The van der Waals surface area contributed by atoms with Gasteiger partial charge in [0.1, 0.15) is 11.6 Å². The molecule has 0 unspecified atom stereocenters. The maximum absolute atomic E-state index is 13.8. The zero-order chi connectivity index (χ0) is 22.5. The van der Waals surface area contributed by atoms with Crippen molar-refractivity contribution < 1.29 is 22.4 Å². The molecule has 0 aliphatic carbocycles. The molecule has 3 heterocycles. The molecule has 0 bridgehead atoms. The smallest absolute Gasteiger partial charge is 0.410 e. The number of furan rings is 1. The molecule has 2 atom stereocenters. The molecule has 2 aromatic heterocycles. The maximum atomic E-state index is 13.8. The Kier molecular flexibility index (Phi) is 5.67. The molecular weight excluding hydrogens is 545 g/mol. The van der Waals surface area contributed by atoms with Gasteiger partial charge in [-0.3, -0.25) is 4.79 Å². The zero-order valence-electron chi connectivity index (χ0n) is 16.3. The predicted molar refractivity (Wildman–Crippen MR) is 116 cm³/mol. The lowest BCUT2D eigenvalue weighted by Gasteiger charge is -2.32. The number of amides is 1. The fourth-order valence-electron chi connectivity index (χ4n) is 3.45. The van der Waals surface area contributed by atoms with Crippen LogP contribution in [0.25, 0.3) is 0 Å². The molecule has 0 radical (unpaired) electrons. The molecule has 0 fully saturated rings. The average molecular weight is 562 g/mol. The average Bonchev–Trinajstić information content (AvgIpc) is 3.27. The molecule has 0 saturated heterocycles. The second-order valence-electron chi connectivity index (χ2n) is 7.34. The molecule has 1 aromatic carbocycles. The SMILES string of the molecule is Cc1ccc(NC(=O)c2nn3c(c2Br)N[C@@H](c2ccc(Br)o2)C[C@@H]3C(F)(F)F)cc1C. The Bertz CT molecular complexity index is 1160. The molecule has 31 heavy (non-hydrogen) atoms. The Morgan fingerprint density at radius 3 is 2.58 bits per heavy atom. The number of aromatic nitrogens is 2. The molecule has 0 spiro atoms. The van der Waals surface area contributed by atoms with E-state index in [0.29, 0.717) is 16.1 Å². The van der Waals surface area contributed by atoms with Gasteiger partial charge in [-0.25, -0.2) is 4.68 Å². The Morgan fingerprint density at radius 2 is 1.97 bits per heavy atom. The highest BCUT2D eigenvalue weighted by molar-refractivity contribution is 9.10. The number of benzene rings is 1. The topological polar surface area (TPSA) is 72.1 Å². The summed E-state index contributed by atoms with van der Waals surface area (Å²) >= 11 is 6.43. The number of alkyl halides is 3. The number of fused-ring (bicyclic) bond motifs is 1. The van der Waals surface area contributed by atoms with Crippen molar-refractivity contribution >= 4 is 49.3 Å². The molecule has 1 aliphatic heterocycles. The lowest BCUT2D eigenvalue weighted by molar-refractivity contribution is -0.174. The van der Waals surface area contributed by atoms with E-state index in [2.05, 4.69) is 47.6 Å². The second kappa shape index (κ2) is 8.01. The highest BCUT2D eigenvalue weighted by Crippen LogP contribution is 2.46. The molecule has 4 rings (SSSR count). The first kappa shape index (κ1) is 21.9. The number of aryl methyl sites for hydroxylation is 2. The molecule has 1 aliphatic rings. The van der Waals surface area contributed by atoms with E-state index >= 15 is 0 Å². The van der Waals surface area contributed by atoms with Crippen molar-refractivity contribution in [2.24, 2.45) is 0 Å². The van der Waals surface area contributed by atoms with E-state index in [-0.39, 0.29) is 22.4 Å². The van der Waals surface area contributed by atoms with E-state index in [1.54, 1.807) is 24.3 Å². The van der Waals surface area contributed by atoms with E-state index in [1.165, 1.54) is 0 Å². The first-order valence-corrected chi connectivity index (χ1v) is 10.9. The van der Waals surface area contributed by atoms with Crippen molar-refractivity contribution in [2.45, 2.75) is 38.5 Å². The molecule has 11 heteroatoms. The van der Waals surface area contributed by atoms with Crippen LogP contribution in [0.4, 0.5) is 24.7 Å². The van der Waals surface area contributed by atoms with Crippen LogP contribution in [0.15, 0.2) is 43.9 Å². The molecule has 2 N–H and O–H groups in total. The third-order valence-electron chi connectivity index (χ3n) is 5.21. The maximum Gasteiger partial charge on any atom is 0.410 e. The van der Waals surface area contributed by atoms with Gasteiger partial charge in [0.15, 0.2) is 16.4 Å². The number of nitrogens with zero attached hydrogens (tertiary/aromatic N) is 2. The minimum atomic E-state index is -4.56. The number of rotatable bonds is 3. The molecule has 1 amide bonds. The van der Waals surface area contributed by atoms with Crippen LogP contribution in [0, 0.1) is 13.8 Å².